The van der Waals surface area contributed by atoms with E-state index in [1.54, 1.807) is 0 Å². The highest BCUT2D eigenvalue weighted by Gasteiger charge is 2.59. The summed E-state index contributed by atoms with van der Waals surface area (Å²) in [5, 5.41) is 10.1. The van der Waals surface area contributed by atoms with Crippen LogP contribution >= 0.6 is 11.3 Å². The van der Waals surface area contributed by atoms with Crippen molar-refractivity contribution in [2.75, 3.05) is 13.1 Å². The van der Waals surface area contributed by atoms with Crippen LogP contribution in [0, 0.1) is 18.3 Å². The van der Waals surface area contributed by atoms with Gasteiger partial charge < -0.3 is 10.0 Å². The smallest absolute Gasteiger partial charge is 0.307 e. The van der Waals surface area contributed by atoms with Crippen LogP contribution in [0.5, 0.6) is 0 Å². The first-order valence-corrected chi connectivity index (χ1v) is 8.27. The highest BCUT2D eigenvalue weighted by Crippen LogP contribution is 2.59. The van der Waals surface area contributed by atoms with Crippen LogP contribution in [0.1, 0.15) is 46.6 Å². The van der Waals surface area contributed by atoms with E-state index < -0.39 is 5.97 Å². The molecule has 1 aromatic rings. The first-order valence-electron chi connectivity index (χ1n) is 7.45. The average molecular weight is 308 g/mol. The van der Waals surface area contributed by atoms with E-state index in [-0.39, 0.29) is 17.2 Å². The number of aryl methyl sites for hydroxylation is 2. The molecular weight excluding hydrogens is 288 g/mol. The summed E-state index contributed by atoms with van der Waals surface area (Å²) in [6.45, 7) is 5.26. The van der Waals surface area contributed by atoms with Crippen LogP contribution < -0.4 is 0 Å². The molecule has 21 heavy (non-hydrogen) atoms. The molecule has 1 aromatic heterocycles. The van der Waals surface area contributed by atoms with E-state index in [2.05, 4.69) is 4.98 Å². The summed E-state index contributed by atoms with van der Waals surface area (Å²) in [7, 11) is 0. The summed E-state index contributed by atoms with van der Waals surface area (Å²) in [4.78, 5) is 30.7. The number of carbonyl (C=O) groups excluding carboxylic acids is 1. The van der Waals surface area contributed by atoms with Gasteiger partial charge in [-0.2, -0.15) is 0 Å². The number of nitrogens with zero attached hydrogens (tertiary/aromatic N) is 2. The summed E-state index contributed by atoms with van der Waals surface area (Å²) < 4.78 is 0. The highest BCUT2D eigenvalue weighted by molar-refractivity contribution is 7.13. The maximum Gasteiger partial charge on any atom is 0.307 e. The molecule has 1 aliphatic carbocycles. The van der Waals surface area contributed by atoms with E-state index >= 15 is 0 Å². The van der Waals surface area contributed by atoms with Gasteiger partial charge in [0.25, 0.3) is 5.91 Å². The van der Waals surface area contributed by atoms with Gasteiger partial charge in [0, 0.05) is 13.1 Å². The molecule has 3 rings (SSSR count). The largest absolute Gasteiger partial charge is 0.481 e. The third kappa shape index (κ3) is 2.46. The van der Waals surface area contributed by atoms with Crippen LogP contribution in [0.3, 0.4) is 0 Å². The van der Waals surface area contributed by atoms with Crippen LogP contribution in [0.15, 0.2) is 0 Å². The van der Waals surface area contributed by atoms with Crippen molar-refractivity contribution >= 4 is 23.2 Å². The second kappa shape index (κ2) is 5.09. The maximum atomic E-state index is 12.6. The normalized spacial score (nSPS) is 23.3. The van der Waals surface area contributed by atoms with E-state index in [0.717, 1.165) is 41.3 Å². The lowest BCUT2D eigenvalue weighted by Gasteiger charge is -2.32. The van der Waals surface area contributed by atoms with Crippen molar-refractivity contribution in [2.24, 2.45) is 11.3 Å². The fourth-order valence-electron chi connectivity index (χ4n) is 3.35. The number of hydrogen-bond donors (Lipinski definition) is 1. The summed E-state index contributed by atoms with van der Waals surface area (Å²) in [5.41, 5.74) is 0.789. The van der Waals surface area contributed by atoms with Gasteiger partial charge in [0.15, 0.2) is 0 Å². The quantitative estimate of drug-likeness (QED) is 0.930. The van der Waals surface area contributed by atoms with Crippen molar-refractivity contribution in [3.05, 3.63) is 15.6 Å². The number of hydrogen-bond acceptors (Lipinski definition) is 4. The molecule has 0 bridgehead atoms. The zero-order chi connectivity index (χ0) is 15.2. The third-order valence-corrected chi connectivity index (χ3v) is 6.16. The molecule has 114 valence electrons. The topological polar surface area (TPSA) is 70.5 Å². The number of thiazole rings is 1. The standard InChI is InChI=1S/C15H20N2O3S/c1-3-11-16-9(2)12(21-11)13(18)17-6-4-15(5-7-17)8-10(15)14(19)20/h10H,3-8H2,1-2H3,(H,19,20). The lowest BCUT2D eigenvalue weighted by atomic mass is 9.90. The van der Waals surface area contributed by atoms with Gasteiger partial charge in [-0.15, -0.1) is 11.3 Å². The minimum absolute atomic E-state index is 0.0278. The van der Waals surface area contributed by atoms with E-state index in [9.17, 15) is 9.59 Å². The predicted octanol–water partition coefficient (Wildman–Crippen LogP) is 2.34. The maximum absolute atomic E-state index is 12.6. The fourth-order valence-corrected chi connectivity index (χ4v) is 4.32. The molecule has 5 nitrogen and oxygen atoms in total. The van der Waals surface area contributed by atoms with Crippen LogP contribution in [-0.2, 0) is 11.2 Å². The molecule has 1 saturated heterocycles. The molecule has 0 aromatic carbocycles. The first-order chi connectivity index (χ1) is 9.97. The van der Waals surface area contributed by atoms with Crippen molar-refractivity contribution in [3.8, 4) is 0 Å². The van der Waals surface area contributed by atoms with Crippen molar-refractivity contribution in [2.45, 2.75) is 39.5 Å². The second-order valence-corrected chi connectivity index (χ2v) is 7.21. The highest BCUT2D eigenvalue weighted by atomic mass is 32.1. The fraction of sp³-hybridized carbons (Fsp3) is 0.667. The number of amides is 1. The Morgan fingerprint density at radius 3 is 2.57 bits per heavy atom. The average Bonchev–Trinajstić information content (AvgIpc) is 3.03. The molecule has 2 fully saturated rings. The zero-order valence-electron chi connectivity index (χ0n) is 12.4. The van der Waals surface area contributed by atoms with E-state index in [4.69, 9.17) is 5.11 Å². The molecule has 0 radical (unpaired) electrons. The van der Waals surface area contributed by atoms with Crippen LogP contribution in [0.25, 0.3) is 0 Å². The molecule has 2 heterocycles. The number of carboxylic acid groups (broad SMARTS) is 1. The van der Waals surface area contributed by atoms with Gasteiger partial charge >= 0.3 is 5.97 Å². The molecule has 1 saturated carbocycles. The van der Waals surface area contributed by atoms with Gasteiger partial charge in [-0.1, -0.05) is 6.92 Å². The predicted molar refractivity (Wildman–Crippen MR) is 79.5 cm³/mol. The monoisotopic (exact) mass is 308 g/mol. The molecule has 1 N–H and O–H groups in total. The molecule has 1 atom stereocenters. The minimum Gasteiger partial charge on any atom is -0.481 e. The Morgan fingerprint density at radius 1 is 1.43 bits per heavy atom. The first kappa shape index (κ1) is 14.5. The molecular formula is C15H20N2O3S. The van der Waals surface area contributed by atoms with E-state index in [1.807, 2.05) is 18.7 Å². The van der Waals surface area contributed by atoms with Crippen LogP contribution in [-0.4, -0.2) is 40.0 Å². The molecule has 2 aliphatic rings. The Hall–Kier alpha value is -1.43. The van der Waals surface area contributed by atoms with Gasteiger partial charge in [0.1, 0.15) is 4.88 Å². The summed E-state index contributed by atoms with van der Waals surface area (Å²) in [6.07, 6.45) is 3.26. The van der Waals surface area contributed by atoms with Crippen molar-refractivity contribution in [3.63, 3.8) is 0 Å². The molecule has 1 aliphatic heterocycles. The second-order valence-electron chi connectivity index (χ2n) is 6.13. The number of carboxylic acids is 1. The lowest BCUT2D eigenvalue weighted by molar-refractivity contribution is -0.139. The number of rotatable bonds is 3. The van der Waals surface area contributed by atoms with Crippen molar-refractivity contribution in [1.29, 1.82) is 0 Å². The van der Waals surface area contributed by atoms with Crippen molar-refractivity contribution in [1.82, 2.24) is 9.88 Å². The van der Waals surface area contributed by atoms with Crippen LogP contribution in [0.2, 0.25) is 0 Å². The Morgan fingerprint density at radius 2 is 2.10 bits per heavy atom. The third-order valence-electron chi connectivity index (χ3n) is 4.87. The molecule has 6 heteroatoms. The SMILES string of the molecule is CCc1nc(C)c(C(=O)N2CCC3(CC2)CC3C(=O)O)s1. The van der Waals surface area contributed by atoms with Gasteiger partial charge in [-0.25, -0.2) is 4.98 Å². The Bertz CT molecular complexity index is 588. The summed E-state index contributed by atoms with van der Waals surface area (Å²) >= 11 is 1.49. The Balaban J connectivity index is 1.66. The van der Waals surface area contributed by atoms with Gasteiger partial charge in [-0.05, 0) is 38.0 Å². The number of aromatic nitrogens is 1. The zero-order valence-corrected chi connectivity index (χ0v) is 13.2. The Kier molecular flexibility index (Phi) is 3.51. The lowest BCUT2D eigenvalue weighted by Crippen LogP contribution is -2.39. The molecule has 1 unspecified atom stereocenters. The number of likely N-dealkylation sites (tertiary alicyclic amines) is 1. The van der Waals surface area contributed by atoms with E-state index in [0.29, 0.717) is 13.1 Å². The van der Waals surface area contributed by atoms with Gasteiger partial charge in [0.05, 0.1) is 16.6 Å². The van der Waals surface area contributed by atoms with Gasteiger partial charge in [-0.3, -0.25) is 9.59 Å². The summed E-state index contributed by atoms with van der Waals surface area (Å²) in [6, 6.07) is 0. The number of piperidine rings is 1. The summed E-state index contributed by atoms with van der Waals surface area (Å²) in [5.74, 6) is -0.806. The number of carbonyl (C=O) groups is 2. The number of aliphatic carboxylic acids is 1. The molecule has 1 spiro atoms. The van der Waals surface area contributed by atoms with Crippen molar-refractivity contribution < 1.29 is 14.7 Å². The van der Waals surface area contributed by atoms with E-state index in [1.165, 1.54) is 11.3 Å². The Labute approximate surface area is 128 Å². The van der Waals surface area contributed by atoms with Crippen LogP contribution in [0.4, 0.5) is 0 Å². The molecule has 1 amide bonds. The minimum atomic E-state index is -0.680. The van der Waals surface area contributed by atoms with Gasteiger partial charge in [0.2, 0.25) is 0 Å².